The molecule has 0 saturated carbocycles. The number of anilines is 4. The Bertz CT molecular complexity index is 3500. The van der Waals surface area contributed by atoms with Gasteiger partial charge in [0.1, 0.15) is 24.0 Å². The van der Waals surface area contributed by atoms with Gasteiger partial charge in [-0.25, -0.2) is 4.98 Å². The van der Waals surface area contributed by atoms with Crippen molar-refractivity contribution in [2.24, 2.45) is 0 Å². The van der Waals surface area contributed by atoms with Crippen LogP contribution in [0.4, 0.5) is 22.7 Å². The van der Waals surface area contributed by atoms with E-state index in [1.165, 1.54) is 5.56 Å². The number of rotatable bonds is 8. The maximum Gasteiger partial charge on any atom is 0.137 e. The van der Waals surface area contributed by atoms with Crippen LogP contribution in [0, 0.1) is 0 Å². The molecule has 5 heteroatoms. The van der Waals surface area contributed by atoms with Crippen LogP contribution in [0.2, 0.25) is 0 Å². The third kappa shape index (κ3) is 6.98. The summed E-state index contributed by atoms with van der Waals surface area (Å²) in [6.45, 7) is 7.02. The van der Waals surface area contributed by atoms with Gasteiger partial charge in [-0.3, -0.25) is 4.57 Å². The Morgan fingerprint density at radius 2 is 1.14 bits per heavy atom. The van der Waals surface area contributed by atoms with E-state index >= 15 is 0 Å². The summed E-state index contributed by atoms with van der Waals surface area (Å²) < 4.78 is 45.9. The standard InChI is InChI=1S/C58H46N4O/c1-58(2,3)44-34-35-59-56(36-44)62-52-25-11-10-22-50(52)51-33-32-47(38-55(51)62)63-46-21-14-20-45(37-46)60-39-61(54-27-13-12-26-53(54)60)57-48(42-18-8-5-9-19-42)23-15-24-49(57)43-30-28-41(29-31-43)40-16-6-4-7-17-40/h4-38H,39H2,1-3H3/i18D,19D,30D,31D. The Hall–Kier alpha value is -7.89. The van der Waals surface area contributed by atoms with Crippen molar-refractivity contribution in [2.75, 3.05) is 16.5 Å². The minimum absolute atomic E-state index is 0.0424. The van der Waals surface area contributed by atoms with E-state index in [1.54, 1.807) is 18.2 Å². The van der Waals surface area contributed by atoms with Gasteiger partial charge in [-0.15, -0.1) is 0 Å². The molecule has 63 heavy (non-hydrogen) atoms. The Morgan fingerprint density at radius 1 is 0.508 bits per heavy atom. The molecule has 0 radical (unpaired) electrons. The lowest BCUT2D eigenvalue weighted by atomic mass is 9.88. The lowest BCUT2D eigenvalue weighted by Gasteiger charge is -2.27. The number of hydrogen-bond donors (Lipinski definition) is 0. The molecule has 11 rings (SSSR count). The number of nitrogens with zero attached hydrogens (tertiary/aromatic N) is 4. The van der Waals surface area contributed by atoms with E-state index in [4.69, 9.17) is 12.5 Å². The molecule has 0 amide bonds. The summed E-state index contributed by atoms with van der Waals surface area (Å²) in [7, 11) is 0. The van der Waals surface area contributed by atoms with Crippen molar-refractivity contribution < 1.29 is 10.2 Å². The highest BCUT2D eigenvalue weighted by molar-refractivity contribution is 6.09. The molecule has 8 aromatic carbocycles. The summed E-state index contributed by atoms with van der Waals surface area (Å²) in [5.41, 5.74) is 10.8. The molecule has 0 atom stereocenters. The summed E-state index contributed by atoms with van der Waals surface area (Å²) in [6, 6.07) is 60.6. The minimum atomic E-state index is -0.0424. The predicted octanol–water partition coefficient (Wildman–Crippen LogP) is 15.5. The fraction of sp³-hybridized carbons (Fsp3) is 0.0862. The fourth-order valence-electron chi connectivity index (χ4n) is 8.83. The average molecular weight is 819 g/mol. The van der Waals surface area contributed by atoms with Gasteiger partial charge in [0.2, 0.25) is 0 Å². The lowest BCUT2D eigenvalue weighted by Crippen LogP contribution is -2.25. The zero-order chi connectivity index (χ0) is 46.0. The number of pyridine rings is 1. The predicted molar refractivity (Wildman–Crippen MR) is 262 cm³/mol. The van der Waals surface area contributed by atoms with Crippen molar-refractivity contribution in [3.63, 3.8) is 0 Å². The van der Waals surface area contributed by atoms with Gasteiger partial charge in [0.05, 0.1) is 33.6 Å². The normalized spacial score (nSPS) is 13.4. The van der Waals surface area contributed by atoms with Gasteiger partial charge in [0.15, 0.2) is 0 Å². The number of ether oxygens (including phenoxy) is 1. The van der Waals surface area contributed by atoms with Gasteiger partial charge < -0.3 is 14.5 Å². The van der Waals surface area contributed by atoms with Gasteiger partial charge in [0.25, 0.3) is 0 Å². The SMILES string of the molecule is [2H]c1cccc([2H])c1-c1cccc(-c2c([2H])cc(-c3ccccc3)cc2[2H])c1N1CN(c2cccc(Oc3ccc4c5ccccc5n(-c5cc(C(C)(C)C)ccn5)c4c3)c2)c2ccccc21. The quantitative estimate of drug-likeness (QED) is 0.153. The first-order chi connectivity index (χ1) is 32.5. The van der Waals surface area contributed by atoms with Crippen molar-refractivity contribution in [3.05, 3.63) is 218 Å². The van der Waals surface area contributed by atoms with E-state index in [0.29, 0.717) is 40.4 Å². The molecule has 2 aromatic heterocycles. The summed E-state index contributed by atoms with van der Waals surface area (Å²) in [5, 5.41) is 2.25. The van der Waals surface area contributed by atoms with Crippen molar-refractivity contribution in [2.45, 2.75) is 26.2 Å². The van der Waals surface area contributed by atoms with Crippen LogP contribution in [0.3, 0.4) is 0 Å². The largest absolute Gasteiger partial charge is 0.457 e. The molecule has 3 heterocycles. The highest BCUT2D eigenvalue weighted by Crippen LogP contribution is 2.50. The molecule has 0 spiro atoms. The second-order valence-electron chi connectivity index (χ2n) is 16.9. The van der Waals surface area contributed by atoms with Crippen molar-refractivity contribution in [3.8, 4) is 50.7 Å². The molecule has 0 aliphatic carbocycles. The molecule has 0 unspecified atom stereocenters. The summed E-state index contributed by atoms with van der Waals surface area (Å²) in [5.74, 6) is 2.22. The third-order valence-corrected chi connectivity index (χ3v) is 11.9. The first kappa shape index (κ1) is 33.8. The van der Waals surface area contributed by atoms with Crippen LogP contribution in [0.25, 0.3) is 61.0 Å². The van der Waals surface area contributed by atoms with E-state index in [9.17, 15) is 2.74 Å². The van der Waals surface area contributed by atoms with Crippen LogP contribution in [-0.4, -0.2) is 16.2 Å². The highest BCUT2D eigenvalue weighted by Gasteiger charge is 2.31. The van der Waals surface area contributed by atoms with Crippen LogP contribution in [0.15, 0.2) is 212 Å². The van der Waals surface area contributed by atoms with Gasteiger partial charge in [-0.2, -0.15) is 0 Å². The number of benzene rings is 8. The van der Waals surface area contributed by atoms with E-state index in [-0.39, 0.29) is 29.6 Å². The van der Waals surface area contributed by atoms with E-state index < -0.39 is 0 Å². The molecule has 0 bridgehead atoms. The number of hydrogen-bond acceptors (Lipinski definition) is 4. The van der Waals surface area contributed by atoms with Crippen LogP contribution < -0.4 is 14.5 Å². The van der Waals surface area contributed by atoms with Gasteiger partial charge >= 0.3 is 0 Å². The first-order valence-corrected chi connectivity index (χ1v) is 21.3. The van der Waals surface area contributed by atoms with Crippen molar-refractivity contribution >= 4 is 44.6 Å². The molecule has 304 valence electrons. The maximum absolute atomic E-state index is 9.42. The van der Waals surface area contributed by atoms with Gasteiger partial charge in [-0.05, 0) is 87.8 Å². The van der Waals surface area contributed by atoms with Crippen LogP contribution >= 0.6 is 0 Å². The van der Waals surface area contributed by atoms with Crippen LogP contribution in [0.1, 0.15) is 31.8 Å². The van der Waals surface area contributed by atoms with E-state index in [1.807, 2.05) is 103 Å². The molecular weight excluding hydrogens is 769 g/mol. The molecule has 0 saturated heterocycles. The Balaban J connectivity index is 1.000. The Labute approximate surface area is 374 Å². The smallest absolute Gasteiger partial charge is 0.137 e. The highest BCUT2D eigenvalue weighted by atomic mass is 16.5. The molecule has 0 N–H and O–H groups in total. The monoisotopic (exact) mass is 818 g/mol. The number of aromatic nitrogens is 2. The summed E-state index contributed by atoms with van der Waals surface area (Å²) in [6.07, 6.45) is 1.89. The third-order valence-electron chi connectivity index (χ3n) is 11.9. The lowest BCUT2D eigenvalue weighted by molar-refractivity contribution is 0.483. The topological polar surface area (TPSA) is 33.5 Å². The maximum atomic E-state index is 9.42. The van der Waals surface area contributed by atoms with Crippen LogP contribution in [-0.2, 0) is 5.41 Å². The minimum Gasteiger partial charge on any atom is -0.457 e. The van der Waals surface area contributed by atoms with E-state index in [2.05, 4.69) is 102 Å². The fourth-order valence-corrected chi connectivity index (χ4v) is 8.83. The zero-order valence-corrected chi connectivity index (χ0v) is 35.3. The van der Waals surface area contributed by atoms with Gasteiger partial charge in [0, 0.05) is 45.9 Å². The second kappa shape index (κ2) is 15.5. The van der Waals surface area contributed by atoms with E-state index in [0.717, 1.165) is 61.5 Å². The summed E-state index contributed by atoms with van der Waals surface area (Å²) in [4.78, 5) is 9.29. The van der Waals surface area contributed by atoms with Gasteiger partial charge in [-0.1, -0.05) is 160 Å². The molecule has 0 fully saturated rings. The Kier molecular flexibility index (Phi) is 8.33. The molecule has 10 aromatic rings. The average Bonchev–Trinajstić information content (AvgIpc) is 3.87. The molecule has 5 nitrogen and oxygen atoms in total. The molecule has 1 aliphatic rings. The number of fused-ring (bicyclic) bond motifs is 4. The number of para-hydroxylation sites is 4. The van der Waals surface area contributed by atoms with Crippen molar-refractivity contribution in [1.29, 1.82) is 0 Å². The van der Waals surface area contributed by atoms with Crippen molar-refractivity contribution in [1.82, 2.24) is 9.55 Å². The second-order valence-corrected chi connectivity index (χ2v) is 16.9. The first-order valence-electron chi connectivity index (χ1n) is 23.3. The van der Waals surface area contributed by atoms with Crippen LogP contribution in [0.5, 0.6) is 11.5 Å². The molecule has 1 aliphatic heterocycles. The molecular formula is C58H46N4O. The Morgan fingerprint density at radius 3 is 1.92 bits per heavy atom. The summed E-state index contributed by atoms with van der Waals surface area (Å²) >= 11 is 0. The zero-order valence-electron chi connectivity index (χ0n) is 39.3.